The van der Waals surface area contributed by atoms with Gasteiger partial charge in [0.15, 0.2) is 0 Å². The number of nitriles is 1. The van der Waals surface area contributed by atoms with Crippen molar-refractivity contribution in [3.63, 3.8) is 0 Å². The van der Waals surface area contributed by atoms with Gasteiger partial charge in [-0.05, 0) is 56.8 Å². The van der Waals surface area contributed by atoms with Crippen LogP contribution in [0.1, 0.15) is 5.56 Å². The number of phenols is 1. The lowest BCUT2D eigenvalue weighted by atomic mass is 9.73. The van der Waals surface area contributed by atoms with Gasteiger partial charge in [0.2, 0.25) is 12.0 Å². The molecule has 1 N–H and O–H groups in total. The highest BCUT2D eigenvalue weighted by molar-refractivity contribution is 6.29. The number of hydrogen-bond donors (Lipinski definition) is 1. The molecule has 0 saturated carbocycles. The van der Waals surface area contributed by atoms with Crippen LogP contribution in [0.3, 0.4) is 0 Å². The summed E-state index contributed by atoms with van der Waals surface area (Å²) in [5.41, 5.74) is 4.39. The number of benzene rings is 6. The Kier molecular flexibility index (Phi) is 5.85. The Morgan fingerprint density at radius 2 is 1.45 bits per heavy atom. The summed E-state index contributed by atoms with van der Waals surface area (Å²) >= 11 is 0. The molecule has 2 aliphatic heterocycles. The topological polar surface area (TPSA) is 84.2 Å². The zero-order chi connectivity index (χ0) is 33.9. The van der Waals surface area contributed by atoms with E-state index in [1.54, 1.807) is 6.07 Å². The molecule has 0 spiro atoms. The van der Waals surface area contributed by atoms with E-state index >= 15 is 5.11 Å². The molecule has 49 heavy (non-hydrogen) atoms. The van der Waals surface area contributed by atoms with Gasteiger partial charge in [0.05, 0.1) is 41.5 Å². The first-order valence-corrected chi connectivity index (χ1v) is 16.1. The number of fused-ring (bicyclic) bond motifs is 4. The molecule has 0 amide bonds. The van der Waals surface area contributed by atoms with Crippen molar-refractivity contribution in [1.29, 1.82) is 5.26 Å². The number of phenolic OH excluding ortho intramolecular Hbond substituents is 1. The Labute approximate surface area is 282 Å². The van der Waals surface area contributed by atoms with Crippen LogP contribution in [0, 0.1) is 17.9 Å². The van der Waals surface area contributed by atoms with Crippen molar-refractivity contribution in [3.05, 3.63) is 123 Å². The van der Waals surface area contributed by atoms with E-state index in [0.717, 1.165) is 65.3 Å². The Balaban J connectivity index is 1.55. The molecule has 9 rings (SSSR count). The lowest BCUT2D eigenvalue weighted by Gasteiger charge is -2.40. The Morgan fingerprint density at radius 3 is 2.18 bits per heavy atom. The summed E-state index contributed by atoms with van der Waals surface area (Å²) in [5.74, 6) is -0.214. The summed E-state index contributed by atoms with van der Waals surface area (Å²) in [6.07, 6.45) is 0. The van der Waals surface area contributed by atoms with Crippen molar-refractivity contribution in [2.45, 2.75) is 0 Å². The van der Waals surface area contributed by atoms with Crippen LogP contribution in [-0.2, 0) is 0 Å². The highest BCUT2D eigenvalue weighted by Gasteiger charge is 2.35. The average Bonchev–Trinajstić information content (AvgIpc) is 3.10. The molecule has 236 valence electrons. The van der Waals surface area contributed by atoms with Crippen molar-refractivity contribution in [1.82, 2.24) is 4.58 Å². The molecule has 2 heterocycles. The third-order valence-electron chi connectivity index (χ3n) is 10.4. The van der Waals surface area contributed by atoms with E-state index in [4.69, 9.17) is 6.57 Å². The first-order chi connectivity index (χ1) is 23.8. The zero-order valence-electron chi connectivity index (χ0n) is 27.5. The van der Waals surface area contributed by atoms with E-state index in [1.807, 2.05) is 68.7 Å². The van der Waals surface area contributed by atoms with Crippen LogP contribution in [0.5, 0.6) is 5.75 Å². The SMILES string of the molecule is [C-]#[N+]/C(C#N)=C1C(c2c3cccc4c3c(c3cccc(O)c23)N(C)CN4C)=C([O-])C/1=c1/c2ccccc2c2c3c(cccc13)N(C)C[N+]=2C. The number of nitrogens with zero attached hydrogens (tertiary/aromatic N) is 6. The van der Waals surface area contributed by atoms with Crippen molar-refractivity contribution in [3.8, 4) is 11.8 Å². The van der Waals surface area contributed by atoms with Gasteiger partial charge in [-0.15, -0.1) is 0 Å². The van der Waals surface area contributed by atoms with Crippen molar-refractivity contribution in [2.24, 2.45) is 0 Å². The monoisotopic (exact) mass is 638 g/mol. The van der Waals surface area contributed by atoms with Crippen LogP contribution < -0.4 is 35.0 Å². The molecular weight excluding hydrogens is 608 g/mol. The standard InChI is InChI=1S/C41H30N6O2/c1-43-27(19-42)36-37(31-22-11-6-7-12-23(22)39-32-24(31)13-8-16-28(32)44(2)20-46(39)4)41(49)38(36)35-25-14-9-17-29-33(25)40(47(5)21-45(29)3)26-15-10-18-30(48)34(26)35/h6-18H,20-21H2,2-5H3,(H-,48,49)/b36-27+. The van der Waals surface area contributed by atoms with Gasteiger partial charge in [-0.3, -0.25) is 0 Å². The maximum Gasteiger partial charge on any atom is 0.270 e. The molecule has 8 nitrogen and oxygen atoms in total. The minimum absolute atomic E-state index is 0.0379. The lowest BCUT2D eigenvalue weighted by Crippen LogP contribution is -2.42. The number of rotatable bonds is 1. The second-order valence-electron chi connectivity index (χ2n) is 13.2. The fourth-order valence-electron chi connectivity index (χ4n) is 8.61. The molecule has 0 saturated heterocycles. The summed E-state index contributed by atoms with van der Waals surface area (Å²) in [6, 6.07) is 27.7. The van der Waals surface area contributed by atoms with Gasteiger partial charge < -0.3 is 24.9 Å². The molecule has 0 bridgehead atoms. The molecule has 0 atom stereocenters. The van der Waals surface area contributed by atoms with Crippen LogP contribution in [0.2, 0.25) is 0 Å². The summed E-state index contributed by atoms with van der Waals surface area (Å²) in [4.78, 5) is 10.2. The molecule has 6 aromatic rings. The van der Waals surface area contributed by atoms with Crippen LogP contribution in [0.4, 0.5) is 17.1 Å². The predicted molar refractivity (Wildman–Crippen MR) is 195 cm³/mol. The van der Waals surface area contributed by atoms with E-state index in [0.29, 0.717) is 35.4 Å². The average molecular weight is 639 g/mol. The molecule has 0 unspecified atom stereocenters. The van der Waals surface area contributed by atoms with Gasteiger partial charge >= 0.3 is 0 Å². The van der Waals surface area contributed by atoms with Gasteiger partial charge in [0.1, 0.15) is 12.8 Å². The van der Waals surface area contributed by atoms with Gasteiger partial charge in [-0.2, -0.15) is 0 Å². The lowest BCUT2D eigenvalue weighted by molar-refractivity contribution is -0.292. The Bertz CT molecular complexity index is 2820. The van der Waals surface area contributed by atoms with Gasteiger partial charge in [0.25, 0.3) is 5.70 Å². The summed E-state index contributed by atoms with van der Waals surface area (Å²) in [6.45, 7) is 9.49. The molecular formula is C41H30N6O2. The Morgan fingerprint density at radius 1 is 0.796 bits per heavy atom. The summed E-state index contributed by atoms with van der Waals surface area (Å²) < 4.78 is 2.22. The number of hydrogen-bond acceptors (Lipinski definition) is 6. The van der Waals surface area contributed by atoms with Crippen molar-refractivity contribution < 1.29 is 10.2 Å². The molecule has 0 aromatic heterocycles. The third kappa shape index (κ3) is 3.58. The second kappa shape index (κ2) is 10.00. The van der Waals surface area contributed by atoms with E-state index in [9.17, 15) is 10.4 Å². The van der Waals surface area contributed by atoms with E-state index in [-0.39, 0.29) is 22.8 Å². The number of anilines is 3. The fraction of sp³-hybridized carbons (Fsp3) is 0.146. The highest BCUT2D eigenvalue weighted by atomic mass is 16.3. The van der Waals surface area contributed by atoms with Crippen LogP contribution >= 0.6 is 0 Å². The second-order valence-corrected chi connectivity index (χ2v) is 13.2. The molecule has 0 fully saturated rings. The fourth-order valence-corrected chi connectivity index (χ4v) is 8.61. The molecule has 3 aliphatic rings. The largest absolute Gasteiger partial charge is 0.872 e. The predicted octanol–water partition coefficient (Wildman–Crippen LogP) is 5.01. The van der Waals surface area contributed by atoms with E-state index < -0.39 is 0 Å². The molecule has 1 aliphatic carbocycles. The van der Waals surface area contributed by atoms with Crippen LogP contribution in [0.15, 0.2) is 95.9 Å². The zero-order valence-corrected chi connectivity index (χ0v) is 27.5. The highest BCUT2D eigenvalue weighted by Crippen LogP contribution is 2.55. The van der Waals surface area contributed by atoms with E-state index in [2.05, 4.69) is 62.5 Å². The minimum Gasteiger partial charge on any atom is -0.872 e. The normalized spacial score (nSPS) is 17.6. The molecule has 6 aromatic carbocycles. The third-order valence-corrected chi connectivity index (χ3v) is 10.4. The van der Waals surface area contributed by atoms with Gasteiger partial charge in [-0.25, -0.2) is 14.7 Å². The maximum atomic E-state index is 15.1. The minimum atomic E-state index is -0.252. The van der Waals surface area contributed by atoms with Crippen molar-refractivity contribution >= 4 is 71.3 Å². The van der Waals surface area contributed by atoms with Gasteiger partial charge in [-0.1, -0.05) is 60.4 Å². The summed E-state index contributed by atoms with van der Waals surface area (Å²) in [7, 11) is 8.18. The number of allylic oxidation sites excluding steroid dienone is 3. The quantitative estimate of drug-likeness (QED) is 0.118. The Hall–Kier alpha value is -6.51. The van der Waals surface area contributed by atoms with Gasteiger partial charge in [0, 0.05) is 54.1 Å². The van der Waals surface area contributed by atoms with Crippen molar-refractivity contribution in [2.75, 3.05) is 56.2 Å². The van der Waals surface area contributed by atoms with Crippen LogP contribution in [-0.4, -0.2) is 46.6 Å². The summed E-state index contributed by atoms with van der Waals surface area (Å²) in [5, 5.41) is 45.8. The first-order valence-electron chi connectivity index (χ1n) is 16.1. The molecule has 8 heteroatoms. The smallest absolute Gasteiger partial charge is 0.270 e. The maximum absolute atomic E-state index is 15.1. The van der Waals surface area contributed by atoms with E-state index in [1.165, 1.54) is 0 Å². The first kappa shape index (κ1) is 28.7. The molecule has 0 radical (unpaired) electrons. The van der Waals surface area contributed by atoms with Crippen LogP contribution in [0.25, 0.3) is 59.1 Å². The number of aromatic hydroxyl groups is 1.